The fourth-order valence-electron chi connectivity index (χ4n) is 1.66. The Morgan fingerprint density at radius 2 is 1.82 bits per heavy atom. The second kappa shape index (κ2) is 6.48. The quantitative estimate of drug-likeness (QED) is 0.854. The summed E-state index contributed by atoms with van der Waals surface area (Å²) in [7, 11) is 0. The van der Waals surface area contributed by atoms with Crippen molar-refractivity contribution in [3.05, 3.63) is 27.7 Å². The maximum atomic E-state index is 6.12. The van der Waals surface area contributed by atoms with E-state index in [9.17, 15) is 0 Å². The van der Waals surface area contributed by atoms with Gasteiger partial charge in [-0.3, -0.25) is 0 Å². The number of ether oxygens (including phenoxy) is 1. The maximum absolute atomic E-state index is 6.12. The van der Waals surface area contributed by atoms with Crippen molar-refractivity contribution >= 4 is 23.2 Å². The average Bonchev–Trinajstić information content (AvgIpc) is 2.22. The molecule has 0 bridgehead atoms. The van der Waals surface area contributed by atoms with E-state index in [1.54, 1.807) is 6.07 Å². The highest BCUT2D eigenvalue weighted by Gasteiger charge is 2.15. The first-order valence-electron chi connectivity index (χ1n) is 5.86. The summed E-state index contributed by atoms with van der Waals surface area (Å²) in [5, 5.41) is 1.01. The first-order valence-corrected chi connectivity index (χ1v) is 6.62. The topological polar surface area (TPSA) is 35.2 Å². The Hall–Kier alpha value is -0.440. The molecule has 0 fully saturated rings. The molecule has 0 spiro atoms. The van der Waals surface area contributed by atoms with Crippen LogP contribution in [-0.4, -0.2) is 6.10 Å². The molecule has 1 atom stereocenters. The van der Waals surface area contributed by atoms with Crippen molar-refractivity contribution in [3.63, 3.8) is 0 Å². The van der Waals surface area contributed by atoms with Crippen LogP contribution in [0.3, 0.4) is 0 Å². The van der Waals surface area contributed by atoms with Gasteiger partial charge in [0.15, 0.2) is 0 Å². The average molecular weight is 276 g/mol. The van der Waals surface area contributed by atoms with Crippen molar-refractivity contribution in [3.8, 4) is 5.75 Å². The van der Waals surface area contributed by atoms with Gasteiger partial charge in [-0.15, -0.1) is 0 Å². The van der Waals surface area contributed by atoms with Gasteiger partial charge in [-0.1, -0.05) is 36.5 Å². The fraction of sp³-hybridized carbons (Fsp3) is 0.538. The van der Waals surface area contributed by atoms with Crippen LogP contribution >= 0.6 is 23.2 Å². The van der Waals surface area contributed by atoms with Crippen LogP contribution in [0.5, 0.6) is 5.75 Å². The molecule has 2 N–H and O–H groups in total. The largest absolute Gasteiger partial charge is 0.491 e. The Morgan fingerprint density at radius 1 is 1.24 bits per heavy atom. The van der Waals surface area contributed by atoms with Crippen LogP contribution in [0.25, 0.3) is 0 Å². The van der Waals surface area contributed by atoms with Crippen LogP contribution in [0, 0.1) is 0 Å². The van der Waals surface area contributed by atoms with E-state index in [2.05, 4.69) is 6.92 Å². The number of rotatable bonds is 5. The van der Waals surface area contributed by atoms with Crippen LogP contribution in [0.2, 0.25) is 10.0 Å². The van der Waals surface area contributed by atoms with Gasteiger partial charge in [0.1, 0.15) is 5.75 Å². The van der Waals surface area contributed by atoms with Gasteiger partial charge in [-0.2, -0.15) is 0 Å². The molecule has 4 heteroatoms. The van der Waals surface area contributed by atoms with E-state index in [0.717, 1.165) is 24.2 Å². The minimum absolute atomic E-state index is 0.0662. The Morgan fingerprint density at radius 3 is 2.35 bits per heavy atom. The summed E-state index contributed by atoms with van der Waals surface area (Å²) in [6.45, 7) is 6.04. The first kappa shape index (κ1) is 14.6. The van der Waals surface area contributed by atoms with Gasteiger partial charge in [-0.25, -0.2) is 0 Å². The van der Waals surface area contributed by atoms with E-state index in [4.69, 9.17) is 33.7 Å². The molecule has 1 aromatic carbocycles. The second-order valence-electron chi connectivity index (χ2n) is 4.37. The number of hydrogen-bond acceptors (Lipinski definition) is 2. The lowest BCUT2D eigenvalue weighted by atomic mass is 10.0. The molecular weight excluding hydrogens is 257 g/mol. The van der Waals surface area contributed by atoms with Gasteiger partial charge in [0.05, 0.1) is 16.1 Å². The van der Waals surface area contributed by atoms with Crippen LogP contribution in [0.15, 0.2) is 12.1 Å². The lowest BCUT2D eigenvalue weighted by molar-refractivity contribution is 0.238. The Labute approximate surface area is 113 Å². The molecule has 0 aliphatic heterocycles. The number of nitrogens with two attached hydrogens (primary N) is 1. The highest BCUT2D eigenvalue weighted by Crippen LogP contribution is 2.35. The smallest absolute Gasteiger partial charge is 0.126 e. The van der Waals surface area contributed by atoms with Crippen LogP contribution < -0.4 is 10.5 Å². The third kappa shape index (κ3) is 4.06. The zero-order chi connectivity index (χ0) is 13.0. The van der Waals surface area contributed by atoms with E-state index in [0.29, 0.717) is 10.0 Å². The summed E-state index contributed by atoms with van der Waals surface area (Å²) in [6, 6.07) is 3.49. The zero-order valence-corrected chi connectivity index (χ0v) is 12.0. The molecular formula is C13H19Cl2NO. The van der Waals surface area contributed by atoms with Crippen molar-refractivity contribution in [1.29, 1.82) is 0 Å². The minimum Gasteiger partial charge on any atom is -0.491 e. The molecule has 0 heterocycles. The summed E-state index contributed by atoms with van der Waals surface area (Å²) in [5.74, 6) is 0.732. The van der Waals surface area contributed by atoms with Crippen LogP contribution in [-0.2, 0) is 0 Å². The zero-order valence-electron chi connectivity index (χ0n) is 10.5. The van der Waals surface area contributed by atoms with Crippen molar-refractivity contribution in [2.45, 2.75) is 45.8 Å². The number of benzene rings is 1. The van der Waals surface area contributed by atoms with Gasteiger partial charge >= 0.3 is 0 Å². The lowest BCUT2D eigenvalue weighted by Crippen LogP contribution is -2.14. The minimum atomic E-state index is -0.0662. The molecule has 96 valence electrons. The van der Waals surface area contributed by atoms with E-state index in [1.807, 2.05) is 19.9 Å². The summed E-state index contributed by atoms with van der Waals surface area (Å²) < 4.78 is 5.73. The van der Waals surface area contributed by atoms with E-state index in [1.165, 1.54) is 0 Å². The maximum Gasteiger partial charge on any atom is 0.126 e. The Kier molecular flexibility index (Phi) is 5.57. The van der Waals surface area contributed by atoms with Crippen LogP contribution in [0.1, 0.15) is 45.2 Å². The molecule has 0 aliphatic rings. The molecule has 1 rings (SSSR count). The van der Waals surface area contributed by atoms with Crippen molar-refractivity contribution in [2.75, 3.05) is 0 Å². The third-order valence-corrected chi connectivity index (χ3v) is 3.14. The van der Waals surface area contributed by atoms with Gasteiger partial charge in [0.25, 0.3) is 0 Å². The van der Waals surface area contributed by atoms with E-state index in [-0.39, 0.29) is 12.1 Å². The molecule has 0 amide bonds. The van der Waals surface area contributed by atoms with Crippen molar-refractivity contribution in [2.24, 2.45) is 5.73 Å². The number of halogens is 2. The van der Waals surface area contributed by atoms with Gasteiger partial charge in [0.2, 0.25) is 0 Å². The molecule has 17 heavy (non-hydrogen) atoms. The highest BCUT2D eigenvalue weighted by atomic mass is 35.5. The molecule has 0 radical (unpaired) electrons. The van der Waals surface area contributed by atoms with Gasteiger partial charge in [-0.05, 0) is 26.3 Å². The fourth-order valence-corrected chi connectivity index (χ4v) is 1.98. The van der Waals surface area contributed by atoms with Crippen molar-refractivity contribution < 1.29 is 4.74 Å². The lowest BCUT2D eigenvalue weighted by Gasteiger charge is -2.19. The molecule has 2 nitrogen and oxygen atoms in total. The third-order valence-electron chi connectivity index (χ3n) is 2.41. The molecule has 1 aromatic rings. The summed E-state index contributed by atoms with van der Waals surface area (Å²) in [5.41, 5.74) is 7.05. The molecule has 0 aromatic heterocycles. The highest BCUT2D eigenvalue weighted by molar-refractivity contribution is 6.42. The molecule has 0 aliphatic carbocycles. The standard InChI is InChI=1S/C13H19Cl2NO/c1-4-5-12(16)9-6-10(14)11(15)7-13(9)17-8(2)3/h6-8,12H,4-5,16H2,1-3H3. The predicted octanol–water partition coefficient (Wildman–Crippen LogP) is 4.58. The normalized spacial score (nSPS) is 12.9. The van der Waals surface area contributed by atoms with Crippen molar-refractivity contribution in [1.82, 2.24) is 0 Å². The first-order chi connectivity index (χ1) is 7.95. The van der Waals surface area contributed by atoms with E-state index >= 15 is 0 Å². The van der Waals surface area contributed by atoms with Gasteiger partial charge in [0, 0.05) is 17.7 Å². The van der Waals surface area contributed by atoms with Crippen LogP contribution in [0.4, 0.5) is 0 Å². The summed E-state index contributed by atoms with van der Waals surface area (Å²) >= 11 is 12.0. The predicted molar refractivity (Wildman–Crippen MR) is 74.1 cm³/mol. The van der Waals surface area contributed by atoms with E-state index < -0.39 is 0 Å². The molecule has 0 saturated carbocycles. The Balaban J connectivity index is 3.10. The monoisotopic (exact) mass is 275 g/mol. The second-order valence-corrected chi connectivity index (χ2v) is 5.18. The van der Waals surface area contributed by atoms with Gasteiger partial charge < -0.3 is 10.5 Å². The molecule has 0 saturated heterocycles. The summed E-state index contributed by atoms with van der Waals surface area (Å²) in [4.78, 5) is 0. The SMILES string of the molecule is CCCC(N)c1cc(Cl)c(Cl)cc1OC(C)C. The molecule has 1 unspecified atom stereocenters. The summed E-state index contributed by atoms with van der Waals surface area (Å²) in [6.07, 6.45) is 1.99. The number of hydrogen-bond donors (Lipinski definition) is 1. The Bertz CT molecular complexity index is 380.